The summed E-state index contributed by atoms with van der Waals surface area (Å²) in [7, 11) is -3.58. The number of sulfonamides is 1. The number of carbonyl (C=O) groups excluding carboxylic acids is 1. The molecule has 0 aliphatic rings. The van der Waals surface area contributed by atoms with Crippen molar-refractivity contribution in [1.29, 1.82) is 0 Å². The van der Waals surface area contributed by atoms with Crippen LogP contribution in [0.15, 0.2) is 46.7 Å². The van der Waals surface area contributed by atoms with Crippen LogP contribution >= 0.6 is 23.7 Å². The van der Waals surface area contributed by atoms with Gasteiger partial charge >= 0.3 is 0 Å². The van der Waals surface area contributed by atoms with Crippen LogP contribution in [0.3, 0.4) is 0 Å². The second-order valence-electron chi connectivity index (χ2n) is 5.32. The van der Waals surface area contributed by atoms with Crippen molar-refractivity contribution in [3.63, 3.8) is 0 Å². The van der Waals surface area contributed by atoms with E-state index < -0.39 is 16.1 Å². The molecule has 1 aromatic carbocycles. The van der Waals surface area contributed by atoms with E-state index in [1.54, 1.807) is 12.1 Å². The summed E-state index contributed by atoms with van der Waals surface area (Å²) in [6, 6.07) is 12.3. The molecule has 2 rings (SSSR count). The van der Waals surface area contributed by atoms with Gasteiger partial charge in [0.2, 0.25) is 15.9 Å². The summed E-state index contributed by atoms with van der Waals surface area (Å²) in [4.78, 5) is 11.7. The van der Waals surface area contributed by atoms with Crippen LogP contribution in [-0.2, 0) is 21.2 Å². The maximum absolute atomic E-state index is 12.3. The van der Waals surface area contributed by atoms with Crippen LogP contribution in [0, 0.1) is 0 Å². The molecule has 0 fully saturated rings. The molecule has 0 bridgehead atoms. The molecule has 2 aromatic rings. The molecule has 4 N–H and O–H groups in total. The molecule has 0 saturated carbocycles. The Morgan fingerprint density at radius 1 is 1.20 bits per heavy atom. The molecule has 1 aromatic heterocycles. The van der Waals surface area contributed by atoms with Crippen molar-refractivity contribution >= 4 is 39.7 Å². The second-order valence-corrected chi connectivity index (χ2v) is 8.48. The summed E-state index contributed by atoms with van der Waals surface area (Å²) in [6.45, 7) is 2.07. The minimum Gasteiger partial charge on any atom is -0.356 e. The van der Waals surface area contributed by atoms with E-state index in [0.29, 0.717) is 13.0 Å². The normalized spacial score (nSPS) is 12.2. The highest BCUT2D eigenvalue weighted by atomic mass is 35.5. The third kappa shape index (κ3) is 6.75. The zero-order valence-electron chi connectivity index (χ0n) is 13.8. The van der Waals surface area contributed by atoms with E-state index in [-0.39, 0.29) is 29.1 Å². The van der Waals surface area contributed by atoms with Gasteiger partial charge in [0.1, 0.15) is 4.21 Å². The number of amides is 1. The fourth-order valence-electron chi connectivity index (χ4n) is 2.09. The van der Waals surface area contributed by atoms with Crippen LogP contribution in [0.25, 0.3) is 0 Å². The topological polar surface area (TPSA) is 101 Å². The number of hydrogen-bond acceptors (Lipinski definition) is 5. The largest absolute Gasteiger partial charge is 0.356 e. The van der Waals surface area contributed by atoms with Crippen molar-refractivity contribution in [2.24, 2.45) is 5.73 Å². The van der Waals surface area contributed by atoms with E-state index in [4.69, 9.17) is 5.73 Å². The summed E-state index contributed by atoms with van der Waals surface area (Å²) in [5.41, 5.74) is 6.89. The highest BCUT2D eigenvalue weighted by Crippen LogP contribution is 2.22. The fraction of sp³-hybridized carbons (Fsp3) is 0.312. The first kappa shape index (κ1) is 21.6. The predicted molar refractivity (Wildman–Crippen MR) is 103 cm³/mol. The molecule has 1 amide bonds. The molecule has 1 heterocycles. The third-order valence-electron chi connectivity index (χ3n) is 3.37. The molecule has 25 heavy (non-hydrogen) atoms. The average molecular weight is 404 g/mol. The van der Waals surface area contributed by atoms with Crippen LogP contribution in [0.5, 0.6) is 0 Å². The summed E-state index contributed by atoms with van der Waals surface area (Å²) in [5, 5.41) is 2.69. The minimum atomic E-state index is -3.58. The predicted octanol–water partition coefficient (Wildman–Crippen LogP) is 1.83. The van der Waals surface area contributed by atoms with Gasteiger partial charge in [-0.15, -0.1) is 23.7 Å². The number of halogens is 1. The Labute approximate surface area is 158 Å². The third-order valence-corrected chi connectivity index (χ3v) is 6.43. The molecule has 6 nitrogen and oxygen atoms in total. The Balaban J connectivity index is 0.00000312. The zero-order chi connectivity index (χ0) is 17.6. The molecule has 138 valence electrons. The number of thiophene rings is 1. The highest BCUT2D eigenvalue weighted by molar-refractivity contribution is 7.91. The number of rotatable bonds is 8. The number of carbonyl (C=O) groups is 1. The molecule has 0 radical (unpaired) electrons. The van der Waals surface area contributed by atoms with Crippen LogP contribution < -0.4 is 15.8 Å². The first-order valence-electron chi connectivity index (χ1n) is 7.52. The minimum absolute atomic E-state index is 0. The first-order valence-corrected chi connectivity index (χ1v) is 9.82. The van der Waals surface area contributed by atoms with Crippen LogP contribution in [0.2, 0.25) is 0 Å². The van der Waals surface area contributed by atoms with E-state index >= 15 is 0 Å². The van der Waals surface area contributed by atoms with Crippen molar-refractivity contribution in [2.45, 2.75) is 23.6 Å². The fourth-order valence-corrected chi connectivity index (χ4v) is 4.55. The van der Waals surface area contributed by atoms with Gasteiger partial charge in [-0.1, -0.05) is 30.3 Å². The zero-order valence-corrected chi connectivity index (χ0v) is 16.2. The van der Waals surface area contributed by atoms with Gasteiger partial charge < -0.3 is 11.1 Å². The number of hydrogen-bond donors (Lipinski definition) is 3. The standard InChI is InChI=1S/C16H21N3O3S2.ClH/c1-12(20)18-10-9-14-7-8-16(23-14)24(21,22)19-11-15(17)13-5-3-2-4-6-13;/h2-8,15,19H,9-11,17H2,1H3,(H,18,20);1H. The Kier molecular flexibility index (Phi) is 8.54. The van der Waals surface area contributed by atoms with Crippen molar-refractivity contribution in [1.82, 2.24) is 10.0 Å². The number of nitrogens with one attached hydrogen (secondary N) is 2. The Bertz CT molecular complexity index is 779. The lowest BCUT2D eigenvalue weighted by atomic mass is 10.1. The van der Waals surface area contributed by atoms with Gasteiger partial charge in [0, 0.05) is 30.9 Å². The monoisotopic (exact) mass is 403 g/mol. The molecule has 0 saturated heterocycles. The number of benzene rings is 1. The maximum Gasteiger partial charge on any atom is 0.250 e. The van der Waals surface area contributed by atoms with Crippen LogP contribution in [0.1, 0.15) is 23.4 Å². The van der Waals surface area contributed by atoms with Crippen molar-refractivity contribution in [2.75, 3.05) is 13.1 Å². The Morgan fingerprint density at radius 2 is 1.88 bits per heavy atom. The summed E-state index contributed by atoms with van der Waals surface area (Å²) < 4.78 is 27.5. The smallest absolute Gasteiger partial charge is 0.250 e. The van der Waals surface area contributed by atoms with Gasteiger partial charge in [0.15, 0.2) is 0 Å². The van der Waals surface area contributed by atoms with E-state index in [1.807, 2.05) is 30.3 Å². The second kappa shape index (κ2) is 9.88. The molecule has 0 spiro atoms. The molecular formula is C16H22ClN3O3S2. The quantitative estimate of drug-likeness (QED) is 0.625. The lowest BCUT2D eigenvalue weighted by molar-refractivity contribution is -0.118. The molecule has 0 aliphatic heterocycles. The van der Waals surface area contributed by atoms with Crippen LogP contribution in [-0.4, -0.2) is 27.4 Å². The Morgan fingerprint density at radius 3 is 2.52 bits per heavy atom. The molecule has 0 aliphatic carbocycles. The van der Waals surface area contributed by atoms with Gasteiger partial charge in [-0.3, -0.25) is 4.79 Å². The van der Waals surface area contributed by atoms with Crippen molar-refractivity contribution < 1.29 is 13.2 Å². The van der Waals surface area contributed by atoms with Gasteiger partial charge in [-0.2, -0.15) is 0 Å². The SMILES string of the molecule is CC(=O)NCCc1ccc(S(=O)(=O)NCC(N)c2ccccc2)s1.Cl. The molecule has 9 heteroatoms. The van der Waals surface area contributed by atoms with Gasteiger partial charge in [-0.25, -0.2) is 13.1 Å². The van der Waals surface area contributed by atoms with E-state index in [2.05, 4.69) is 10.0 Å². The Hall–Kier alpha value is -1.45. The van der Waals surface area contributed by atoms with E-state index in [0.717, 1.165) is 10.4 Å². The van der Waals surface area contributed by atoms with Gasteiger partial charge in [0.25, 0.3) is 0 Å². The summed E-state index contributed by atoms with van der Waals surface area (Å²) in [6.07, 6.45) is 0.600. The van der Waals surface area contributed by atoms with Gasteiger partial charge in [-0.05, 0) is 24.1 Å². The first-order chi connectivity index (χ1) is 11.4. The molecule has 1 unspecified atom stereocenters. The molecule has 1 atom stereocenters. The lowest BCUT2D eigenvalue weighted by Gasteiger charge is -2.12. The lowest BCUT2D eigenvalue weighted by Crippen LogP contribution is -2.31. The molecular weight excluding hydrogens is 382 g/mol. The maximum atomic E-state index is 12.3. The van der Waals surface area contributed by atoms with Crippen molar-refractivity contribution in [3.05, 3.63) is 52.9 Å². The highest BCUT2D eigenvalue weighted by Gasteiger charge is 2.18. The number of nitrogens with two attached hydrogens (primary N) is 1. The van der Waals surface area contributed by atoms with Gasteiger partial charge in [0.05, 0.1) is 0 Å². The van der Waals surface area contributed by atoms with Crippen LogP contribution in [0.4, 0.5) is 0 Å². The van der Waals surface area contributed by atoms with Crippen molar-refractivity contribution in [3.8, 4) is 0 Å². The van der Waals surface area contributed by atoms with E-state index in [9.17, 15) is 13.2 Å². The summed E-state index contributed by atoms with van der Waals surface area (Å²) in [5.74, 6) is -0.101. The average Bonchev–Trinajstić information content (AvgIpc) is 3.03. The van der Waals surface area contributed by atoms with E-state index in [1.165, 1.54) is 18.3 Å². The summed E-state index contributed by atoms with van der Waals surface area (Å²) >= 11 is 1.20.